The van der Waals surface area contributed by atoms with Crippen LogP contribution >= 0.6 is 0 Å². The summed E-state index contributed by atoms with van der Waals surface area (Å²) in [4.78, 5) is 23.3. The number of phenolic OH excluding ortho intramolecular Hbond substituents is 1. The molecule has 7 nitrogen and oxygen atoms in total. The molecule has 5 N–H and O–H groups in total. The lowest BCUT2D eigenvalue weighted by Gasteiger charge is -2.19. The number of nitrogens with two attached hydrogens (primary N) is 2. The number of carbonyl (C=O) groups is 2. The highest BCUT2D eigenvalue weighted by atomic mass is 16.5. The molecule has 1 aromatic carbocycles. The Labute approximate surface area is 110 Å². The number of primary amides is 2. The van der Waals surface area contributed by atoms with Gasteiger partial charge in [-0.05, 0) is 6.07 Å². The van der Waals surface area contributed by atoms with E-state index in [0.717, 1.165) is 0 Å². The van der Waals surface area contributed by atoms with Gasteiger partial charge in [-0.2, -0.15) is 0 Å². The topological polar surface area (TPSA) is 119 Å². The maximum Gasteiger partial charge on any atom is 0.231 e. The second-order valence-corrected chi connectivity index (χ2v) is 4.07. The Bertz CT molecular complexity index is 460. The Kier molecular flexibility index (Phi) is 5.13. The summed E-state index contributed by atoms with van der Waals surface area (Å²) in [7, 11) is 1.49. The minimum atomic E-state index is -0.575. The highest BCUT2D eigenvalue weighted by molar-refractivity contribution is 5.79. The Morgan fingerprint density at radius 1 is 1.26 bits per heavy atom. The van der Waals surface area contributed by atoms with Gasteiger partial charge in [0.1, 0.15) is 11.5 Å². The number of benzene rings is 1. The molecule has 0 atom stereocenters. The van der Waals surface area contributed by atoms with E-state index in [1.54, 1.807) is 12.1 Å². The molecule has 0 radical (unpaired) electrons. The van der Waals surface area contributed by atoms with Gasteiger partial charge < -0.3 is 21.3 Å². The average molecular weight is 267 g/mol. The van der Waals surface area contributed by atoms with E-state index in [4.69, 9.17) is 16.2 Å². The number of phenols is 1. The molecule has 0 fully saturated rings. The van der Waals surface area contributed by atoms with Crippen LogP contribution in [0.3, 0.4) is 0 Å². The third-order valence-corrected chi connectivity index (χ3v) is 2.45. The first kappa shape index (κ1) is 14.8. The fourth-order valence-electron chi connectivity index (χ4n) is 1.65. The number of amides is 2. The summed E-state index contributed by atoms with van der Waals surface area (Å²) < 4.78 is 4.96. The summed E-state index contributed by atoms with van der Waals surface area (Å²) in [5, 5.41) is 9.80. The quantitative estimate of drug-likeness (QED) is 0.596. The molecule has 0 aliphatic carbocycles. The van der Waals surface area contributed by atoms with Crippen molar-refractivity contribution < 1.29 is 19.4 Å². The molecule has 0 saturated heterocycles. The van der Waals surface area contributed by atoms with Gasteiger partial charge >= 0.3 is 0 Å². The zero-order chi connectivity index (χ0) is 14.4. The van der Waals surface area contributed by atoms with E-state index < -0.39 is 11.8 Å². The third kappa shape index (κ3) is 4.84. The molecule has 1 rings (SSSR count). The van der Waals surface area contributed by atoms with Crippen LogP contribution in [-0.4, -0.2) is 42.0 Å². The van der Waals surface area contributed by atoms with E-state index in [-0.39, 0.29) is 25.4 Å². The third-order valence-electron chi connectivity index (χ3n) is 2.45. The van der Waals surface area contributed by atoms with Crippen molar-refractivity contribution in [3.8, 4) is 11.5 Å². The van der Waals surface area contributed by atoms with Crippen molar-refractivity contribution in [3.05, 3.63) is 23.8 Å². The number of aromatic hydroxyl groups is 1. The van der Waals surface area contributed by atoms with Gasteiger partial charge in [-0.25, -0.2) is 0 Å². The van der Waals surface area contributed by atoms with Gasteiger partial charge in [-0.1, -0.05) is 6.07 Å². The Morgan fingerprint density at radius 2 is 1.84 bits per heavy atom. The molecule has 2 amide bonds. The number of hydrogen-bond acceptors (Lipinski definition) is 5. The smallest absolute Gasteiger partial charge is 0.231 e. The highest BCUT2D eigenvalue weighted by Gasteiger charge is 2.14. The molecule has 104 valence electrons. The predicted octanol–water partition coefficient (Wildman–Crippen LogP) is -0.827. The van der Waals surface area contributed by atoms with Crippen LogP contribution in [-0.2, 0) is 16.1 Å². The van der Waals surface area contributed by atoms with Crippen LogP contribution < -0.4 is 16.2 Å². The first-order valence-corrected chi connectivity index (χ1v) is 5.57. The minimum absolute atomic E-state index is 0.0123. The van der Waals surface area contributed by atoms with Crippen LogP contribution in [0.25, 0.3) is 0 Å². The number of methoxy groups -OCH3 is 1. The molecule has 0 saturated carbocycles. The SMILES string of the molecule is COc1ccc(CN(CC(N)=O)CC(N)=O)c(O)c1. The van der Waals surface area contributed by atoms with Crippen molar-refractivity contribution in [2.75, 3.05) is 20.2 Å². The molecule has 0 aliphatic rings. The predicted molar refractivity (Wildman–Crippen MR) is 68.3 cm³/mol. The molecule has 0 bridgehead atoms. The molecular weight excluding hydrogens is 250 g/mol. The number of ether oxygens (including phenoxy) is 1. The van der Waals surface area contributed by atoms with Crippen LogP contribution in [0.15, 0.2) is 18.2 Å². The lowest BCUT2D eigenvalue weighted by Crippen LogP contribution is -2.39. The van der Waals surface area contributed by atoms with Crippen LogP contribution in [0, 0.1) is 0 Å². The Morgan fingerprint density at radius 3 is 2.26 bits per heavy atom. The van der Waals surface area contributed by atoms with Gasteiger partial charge in [-0.3, -0.25) is 14.5 Å². The van der Waals surface area contributed by atoms with Crippen LogP contribution in [0.2, 0.25) is 0 Å². The molecule has 0 unspecified atom stereocenters. The zero-order valence-corrected chi connectivity index (χ0v) is 10.6. The molecule has 0 aliphatic heterocycles. The van der Waals surface area contributed by atoms with Crippen LogP contribution in [0.1, 0.15) is 5.56 Å². The molecule has 0 heterocycles. The zero-order valence-electron chi connectivity index (χ0n) is 10.6. The average Bonchev–Trinajstić information content (AvgIpc) is 2.30. The number of carbonyl (C=O) groups excluding carboxylic acids is 2. The standard InChI is InChI=1S/C12H17N3O4/c1-19-9-3-2-8(10(16)4-9)5-15(6-11(13)17)7-12(14)18/h2-4,16H,5-7H2,1H3,(H2,13,17)(H2,14,18). The van der Waals surface area contributed by atoms with Crippen molar-refractivity contribution in [2.24, 2.45) is 11.5 Å². The maximum absolute atomic E-state index is 10.9. The van der Waals surface area contributed by atoms with Crippen LogP contribution in [0.4, 0.5) is 0 Å². The van der Waals surface area contributed by atoms with E-state index in [9.17, 15) is 14.7 Å². The summed E-state index contributed by atoms with van der Waals surface area (Å²) in [5.41, 5.74) is 10.7. The van der Waals surface area contributed by atoms with Gasteiger partial charge in [0.2, 0.25) is 11.8 Å². The number of hydrogen-bond donors (Lipinski definition) is 3. The largest absolute Gasteiger partial charge is 0.507 e. The van der Waals surface area contributed by atoms with Crippen molar-refractivity contribution >= 4 is 11.8 Å². The second kappa shape index (κ2) is 6.60. The first-order chi connectivity index (χ1) is 8.92. The van der Waals surface area contributed by atoms with Crippen molar-refractivity contribution in [3.63, 3.8) is 0 Å². The molecular formula is C12H17N3O4. The summed E-state index contributed by atoms with van der Waals surface area (Å²) in [6, 6.07) is 4.76. The van der Waals surface area contributed by atoms with E-state index in [1.165, 1.54) is 18.1 Å². The minimum Gasteiger partial charge on any atom is -0.507 e. The highest BCUT2D eigenvalue weighted by Crippen LogP contribution is 2.24. The van der Waals surface area contributed by atoms with Crippen LogP contribution in [0.5, 0.6) is 11.5 Å². The molecule has 1 aromatic rings. The van der Waals surface area contributed by atoms with E-state index in [1.807, 2.05) is 0 Å². The summed E-state index contributed by atoms with van der Waals surface area (Å²) in [6.45, 7) is -0.0511. The van der Waals surface area contributed by atoms with Crippen molar-refractivity contribution in [2.45, 2.75) is 6.54 Å². The Balaban J connectivity index is 2.83. The van der Waals surface area contributed by atoms with Gasteiger partial charge in [0.25, 0.3) is 0 Å². The maximum atomic E-state index is 10.9. The number of rotatable bonds is 7. The van der Waals surface area contributed by atoms with Gasteiger partial charge in [0, 0.05) is 18.2 Å². The lowest BCUT2D eigenvalue weighted by molar-refractivity contribution is -0.122. The summed E-state index contributed by atoms with van der Waals surface area (Å²) in [6.07, 6.45) is 0. The van der Waals surface area contributed by atoms with E-state index >= 15 is 0 Å². The van der Waals surface area contributed by atoms with Gasteiger partial charge in [-0.15, -0.1) is 0 Å². The van der Waals surface area contributed by atoms with Gasteiger partial charge in [0.05, 0.1) is 20.2 Å². The normalized spacial score (nSPS) is 10.4. The second-order valence-electron chi connectivity index (χ2n) is 4.07. The molecule has 19 heavy (non-hydrogen) atoms. The molecule has 0 spiro atoms. The van der Waals surface area contributed by atoms with Crippen molar-refractivity contribution in [1.29, 1.82) is 0 Å². The molecule has 0 aromatic heterocycles. The van der Waals surface area contributed by atoms with Crippen molar-refractivity contribution in [1.82, 2.24) is 4.90 Å². The lowest BCUT2D eigenvalue weighted by atomic mass is 10.1. The molecule has 7 heteroatoms. The van der Waals surface area contributed by atoms with E-state index in [0.29, 0.717) is 11.3 Å². The first-order valence-electron chi connectivity index (χ1n) is 5.57. The van der Waals surface area contributed by atoms with E-state index in [2.05, 4.69) is 0 Å². The van der Waals surface area contributed by atoms with Gasteiger partial charge in [0.15, 0.2) is 0 Å². The summed E-state index contributed by atoms with van der Waals surface area (Å²) >= 11 is 0. The number of nitrogens with zero attached hydrogens (tertiary/aromatic N) is 1. The fraction of sp³-hybridized carbons (Fsp3) is 0.333. The summed E-state index contributed by atoms with van der Waals surface area (Å²) in [5.74, 6) is -0.626. The fourth-order valence-corrected chi connectivity index (χ4v) is 1.65. The monoisotopic (exact) mass is 267 g/mol. The Hall–Kier alpha value is -2.28.